The topological polar surface area (TPSA) is 136 Å². The highest BCUT2D eigenvalue weighted by Crippen LogP contribution is 2.32. The van der Waals surface area contributed by atoms with E-state index in [1.165, 1.54) is 18.3 Å². The fraction of sp³-hybridized carbons (Fsp3) is 0.391. The third kappa shape index (κ3) is 7.79. The van der Waals surface area contributed by atoms with Gasteiger partial charge in [0, 0.05) is 42.6 Å². The molecule has 0 spiro atoms. The van der Waals surface area contributed by atoms with Crippen molar-refractivity contribution in [1.82, 2.24) is 10.3 Å². The number of anilines is 1. The minimum atomic E-state index is -0.569. The normalized spacial score (nSPS) is 17.4. The number of benzene rings is 1. The monoisotopic (exact) mass is 534 g/mol. The highest BCUT2D eigenvalue weighted by atomic mass is 79.9. The zero-order valence-electron chi connectivity index (χ0n) is 18.5. The van der Waals surface area contributed by atoms with E-state index in [0.29, 0.717) is 44.8 Å². The number of nitrogens with zero attached hydrogens (tertiary/aromatic N) is 2. The molecular formula is C23H27BrN4O6. The lowest BCUT2D eigenvalue weighted by molar-refractivity contribution is -0.385. The first kappa shape index (κ1) is 25.6. The van der Waals surface area contributed by atoms with Gasteiger partial charge < -0.3 is 25.2 Å². The van der Waals surface area contributed by atoms with Crippen molar-refractivity contribution in [2.24, 2.45) is 0 Å². The molecule has 182 valence electrons. The Kier molecular flexibility index (Phi) is 9.80. The molecule has 2 heterocycles. The van der Waals surface area contributed by atoms with E-state index in [-0.39, 0.29) is 29.9 Å². The Morgan fingerprint density at radius 2 is 2.03 bits per heavy atom. The van der Waals surface area contributed by atoms with Crippen molar-refractivity contribution in [3.8, 4) is 0 Å². The molecule has 0 saturated heterocycles. The fourth-order valence-electron chi connectivity index (χ4n) is 3.34. The number of nitro groups is 1. The zero-order valence-corrected chi connectivity index (χ0v) is 20.1. The van der Waals surface area contributed by atoms with Crippen molar-refractivity contribution in [2.45, 2.75) is 31.5 Å². The first-order valence-electron chi connectivity index (χ1n) is 10.9. The van der Waals surface area contributed by atoms with Gasteiger partial charge in [-0.25, -0.2) is 4.98 Å². The summed E-state index contributed by atoms with van der Waals surface area (Å²) in [5.41, 5.74) is 0.959. The number of halogens is 1. The van der Waals surface area contributed by atoms with Gasteiger partial charge in [0.15, 0.2) is 5.76 Å². The van der Waals surface area contributed by atoms with Gasteiger partial charge in [0.2, 0.25) is 6.29 Å². The summed E-state index contributed by atoms with van der Waals surface area (Å²) in [6, 6.07) is 10.8. The number of rotatable bonds is 12. The van der Waals surface area contributed by atoms with Crippen molar-refractivity contribution >= 4 is 33.3 Å². The maximum atomic E-state index is 12.8. The van der Waals surface area contributed by atoms with Crippen LogP contribution in [0.25, 0.3) is 0 Å². The van der Waals surface area contributed by atoms with Crippen LogP contribution in [-0.2, 0) is 14.3 Å². The molecule has 1 aliphatic heterocycles. The Labute approximate surface area is 205 Å². The van der Waals surface area contributed by atoms with Crippen LogP contribution >= 0.6 is 15.9 Å². The van der Waals surface area contributed by atoms with Gasteiger partial charge in [-0.05, 0) is 42.7 Å². The first-order valence-corrected chi connectivity index (χ1v) is 11.7. The second kappa shape index (κ2) is 13.0. The first-order chi connectivity index (χ1) is 16.5. The maximum Gasteiger partial charge on any atom is 0.287 e. The molecule has 1 aromatic carbocycles. The minimum Gasteiger partial charge on any atom is -0.459 e. The minimum absolute atomic E-state index is 0.0483. The average Bonchev–Trinajstić information content (AvgIpc) is 2.85. The molecule has 2 aromatic rings. The van der Waals surface area contributed by atoms with Crippen LogP contribution in [0.15, 0.2) is 58.9 Å². The van der Waals surface area contributed by atoms with Crippen LogP contribution in [0.2, 0.25) is 0 Å². The summed E-state index contributed by atoms with van der Waals surface area (Å²) >= 11 is 3.44. The highest BCUT2D eigenvalue weighted by molar-refractivity contribution is 9.10. The number of aromatic nitrogens is 1. The molecule has 2 atom stereocenters. The van der Waals surface area contributed by atoms with E-state index in [1.807, 2.05) is 24.3 Å². The summed E-state index contributed by atoms with van der Waals surface area (Å²) in [7, 11) is 0. The lowest BCUT2D eigenvalue weighted by atomic mass is 9.93. The molecule has 0 radical (unpaired) electrons. The number of allylic oxidation sites excluding steroid dienone is 1. The number of aliphatic hydroxyl groups is 1. The van der Waals surface area contributed by atoms with Crippen LogP contribution in [0.3, 0.4) is 0 Å². The smallest absolute Gasteiger partial charge is 0.287 e. The molecule has 3 rings (SSSR count). The highest BCUT2D eigenvalue weighted by Gasteiger charge is 2.28. The van der Waals surface area contributed by atoms with E-state index in [9.17, 15) is 14.9 Å². The van der Waals surface area contributed by atoms with E-state index in [1.54, 1.807) is 6.08 Å². The number of unbranched alkanes of at least 4 members (excludes halogenated alkanes) is 1. The molecule has 1 aliphatic rings. The summed E-state index contributed by atoms with van der Waals surface area (Å²) in [6.45, 7) is 1.21. The van der Waals surface area contributed by atoms with E-state index < -0.39 is 11.2 Å². The number of amides is 1. The molecule has 3 N–H and O–H groups in total. The van der Waals surface area contributed by atoms with E-state index in [2.05, 4.69) is 31.5 Å². The van der Waals surface area contributed by atoms with Crippen LogP contribution in [-0.4, -0.2) is 53.5 Å². The Bertz CT molecular complexity index is 984. The van der Waals surface area contributed by atoms with Gasteiger partial charge in [-0.1, -0.05) is 28.1 Å². The second-order valence-electron chi connectivity index (χ2n) is 7.62. The van der Waals surface area contributed by atoms with Gasteiger partial charge in [-0.3, -0.25) is 14.9 Å². The second-order valence-corrected chi connectivity index (χ2v) is 8.53. The van der Waals surface area contributed by atoms with Gasteiger partial charge in [-0.15, -0.1) is 0 Å². The summed E-state index contributed by atoms with van der Waals surface area (Å²) in [4.78, 5) is 26.9. The number of ether oxygens (including phenoxy) is 2. The van der Waals surface area contributed by atoms with Crippen molar-refractivity contribution < 1.29 is 24.3 Å². The predicted molar refractivity (Wildman–Crippen MR) is 129 cm³/mol. The van der Waals surface area contributed by atoms with Gasteiger partial charge in [0.1, 0.15) is 12.0 Å². The number of nitrogens with one attached hydrogen (secondary N) is 2. The van der Waals surface area contributed by atoms with Gasteiger partial charge in [-0.2, -0.15) is 0 Å². The van der Waals surface area contributed by atoms with Gasteiger partial charge >= 0.3 is 0 Å². The van der Waals surface area contributed by atoms with E-state index in [4.69, 9.17) is 14.6 Å². The molecule has 0 fully saturated rings. The summed E-state index contributed by atoms with van der Waals surface area (Å²) in [5, 5.41) is 25.5. The standard InChI is InChI=1S/C23H27BrN4O6/c24-18-5-3-16(4-6-18)17-13-20(34-22(14-17)33-12-2-1-11-29)23(30)26-10-9-25-21-8-7-19(15-27-21)28(31)32/h3-8,13,15,17,22,29H,1-2,9-12,14H2,(H,25,27)(H,26,30)/t17-,22+/m1/s1. The summed E-state index contributed by atoms with van der Waals surface area (Å²) < 4.78 is 12.6. The maximum absolute atomic E-state index is 12.8. The third-order valence-electron chi connectivity index (χ3n) is 5.11. The zero-order chi connectivity index (χ0) is 24.3. The van der Waals surface area contributed by atoms with Crippen LogP contribution in [0.5, 0.6) is 0 Å². The summed E-state index contributed by atoms with van der Waals surface area (Å²) in [5.74, 6) is 0.261. The SMILES string of the molecule is O=C(NCCNc1ccc([N+](=O)[O-])cn1)C1=C[C@@H](c2ccc(Br)cc2)C[C@@H](OCCCCO)O1. The number of aliphatic hydroxyl groups excluding tert-OH is 1. The summed E-state index contributed by atoms with van der Waals surface area (Å²) in [6.07, 6.45) is 4.32. The van der Waals surface area contributed by atoms with Gasteiger partial charge in [0.25, 0.3) is 11.6 Å². The lowest BCUT2D eigenvalue weighted by Crippen LogP contribution is -2.35. The average molecular weight is 535 g/mol. The molecule has 1 amide bonds. The molecule has 34 heavy (non-hydrogen) atoms. The molecule has 0 unspecified atom stereocenters. The Morgan fingerprint density at radius 3 is 2.71 bits per heavy atom. The van der Waals surface area contributed by atoms with Crippen molar-refractivity contribution in [3.63, 3.8) is 0 Å². The number of pyridine rings is 1. The van der Waals surface area contributed by atoms with Gasteiger partial charge in [0.05, 0.1) is 11.5 Å². The van der Waals surface area contributed by atoms with Crippen LogP contribution in [0.4, 0.5) is 11.5 Å². The Balaban J connectivity index is 1.56. The number of carbonyl (C=O) groups excluding carboxylic acids is 1. The van der Waals surface area contributed by atoms with Crippen LogP contribution in [0.1, 0.15) is 30.7 Å². The number of hydrogen-bond acceptors (Lipinski definition) is 8. The van der Waals surface area contributed by atoms with Crippen molar-refractivity contribution in [2.75, 3.05) is 31.6 Å². The van der Waals surface area contributed by atoms with E-state index in [0.717, 1.165) is 10.0 Å². The number of hydrogen-bond donors (Lipinski definition) is 3. The van der Waals surface area contributed by atoms with E-state index >= 15 is 0 Å². The Morgan fingerprint density at radius 1 is 1.24 bits per heavy atom. The molecule has 0 saturated carbocycles. The Hall–Kier alpha value is -3.02. The third-order valence-corrected chi connectivity index (χ3v) is 5.64. The van der Waals surface area contributed by atoms with Crippen LogP contribution in [0, 0.1) is 10.1 Å². The molecule has 1 aromatic heterocycles. The predicted octanol–water partition coefficient (Wildman–Crippen LogP) is 3.48. The lowest BCUT2D eigenvalue weighted by Gasteiger charge is -2.29. The van der Waals surface area contributed by atoms with Crippen molar-refractivity contribution in [3.05, 3.63) is 74.6 Å². The molecular weight excluding hydrogens is 508 g/mol. The molecule has 11 heteroatoms. The van der Waals surface area contributed by atoms with Crippen LogP contribution < -0.4 is 10.6 Å². The quantitative estimate of drug-likeness (QED) is 0.214. The number of carbonyl (C=O) groups is 1. The molecule has 10 nitrogen and oxygen atoms in total. The van der Waals surface area contributed by atoms with Crippen molar-refractivity contribution in [1.29, 1.82) is 0 Å². The fourth-order valence-corrected chi connectivity index (χ4v) is 3.61. The molecule has 0 aliphatic carbocycles. The largest absolute Gasteiger partial charge is 0.459 e. The molecule has 0 bridgehead atoms.